The number of hydrogen-bond donors (Lipinski definition) is 1. The predicted octanol–water partition coefficient (Wildman–Crippen LogP) is 2.59. The molecule has 1 N–H and O–H groups in total. The molecule has 0 spiro atoms. The molecule has 0 saturated carbocycles. The first-order valence-electron chi connectivity index (χ1n) is 5.98. The number of benzene rings is 1. The number of nitrogens with zero attached hydrogens (tertiary/aromatic N) is 1. The molecule has 5 heteroatoms. The molecule has 18 heavy (non-hydrogen) atoms. The molecule has 0 radical (unpaired) electrons. The van der Waals surface area contributed by atoms with Gasteiger partial charge in [0, 0.05) is 25.7 Å². The van der Waals surface area contributed by atoms with E-state index in [-0.39, 0.29) is 11.6 Å². The molecule has 1 heterocycles. The summed E-state index contributed by atoms with van der Waals surface area (Å²) in [5.41, 5.74) is 0.472. The van der Waals surface area contributed by atoms with Crippen LogP contribution in [0.1, 0.15) is 22.7 Å². The van der Waals surface area contributed by atoms with E-state index in [2.05, 4.69) is 10.2 Å². The number of piperazine rings is 1. The van der Waals surface area contributed by atoms with Gasteiger partial charge >= 0.3 is 6.18 Å². The summed E-state index contributed by atoms with van der Waals surface area (Å²) in [6.07, 6.45) is -4.28. The van der Waals surface area contributed by atoms with Crippen molar-refractivity contribution in [3.63, 3.8) is 0 Å². The number of rotatable bonds is 1. The van der Waals surface area contributed by atoms with Gasteiger partial charge in [-0.25, -0.2) is 0 Å². The van der Waals surface area contributed by atoms with Gasteiger partial charge in [0.05, 0.1) is 5.56 Å². The lowest BCUT2D eigenvalue weighted by Crippen LogP contribution is -2.43. The molecule has 2 nitrogen and oxygen atoms in total. The summed E-state index contributed by atoms with van der Waals surface area (Å²) in [5.74, 6) is 0. The van der Waals surface area contributed by atoms with E-state index >= 15 is 0 Å². The zero-order valence-corrected chi connectivity index (χ0v) is 10.5. The van der Waals surface area contributed by atoms with E-state index in [0.717, 1.165) is 18.7 Å². The van der Waals surface area contributed by atoms with Crippen LogP contribution in [0, 0.1) is 6.92 Å². The molecule has 0 amide bonds. The lowest BCUT2D eigenvalue weighted by atomic mass is 9.98. The van der Waals surface area contributed by atoms with Gasteiger partial charge in [-0.2, -0.15) is 13.2 Å². The fourth-order valence-electron chi connectivity index (χ4n) is 2.33. The van der Waals surface area contributed by atoms with Gasteiger partial charge in [0.1, 0.15) is 0 Å². The molecule has 1 fully saturated rings. The van der Waals surface area contributed by atoms with Crippen molar-refractivity contribution in [2.24, 2.45) is 0 Å². The number of aryl methyl sites for hydroxylation is 1. The largest absolute Gasteiger partial charge is 0.416 e. The fourth-order valence-corrected chi connectivity index (χ4v) is 2.33. The Hall–Kier alpha value is -1.07. The van der Waals surface area contributed by atoms with Crippen LogP contribution in [-0.4, -0.2) is 31.6 Å². The predicted molar refractivity (Wildman–Crippen MR) is 64.4 cm³/mol. The van der Waals surface area contributed by atoms with Crippen LogP contribution in [0.15, 0.2) is 18.2 Å². The summed E-state index contributed by atoms with van der Waals surface area (Å²) in [5, 5.41) is 3.21. The number of likely N-dealkylation sites (N-methyl/N-ethyl adjacent to an activating group) is 1. The van der Waals surface area contributed by atoms with Crippen molar-refractivity contribution in [2.75, 3.05) is 26.7 Å². The first kappa shape index (κ1) is 13.4. The van der Waals surface area contributed by atoms with E-state index in [1.165, 1.54) is 13.0 Å². The zero-order chi connectivity index (χ0) is 13.3. The van der Waals surface area contributed by atoms with E-state index in [9.17, 15) is 13.2 Å². The molecule has 1 aliphatic rings. The van der Waals surface area contributed by atoms with Gasteiger partial charge in [0.15, 0.2) is 0 Å². The van der Waals surface area contributed by atoms with Crippen LogP contribution < -0.4 is 5.32 Å². The van der Waals surface area contributed by atoms with Crippen molar-refractivity contribution in [2.45, 2.75) is 19.1 Å². The van der Waals surface area contributed by atoms with Crippen LogP contribution in [0.3, 0.4) is 0 Å². The summed E-state index contributed by atoms with van der Waals surface area (Å²) in [7, 11) is 1.94. The smallest absolute Gasteiger partial charge is 0.314 e. The van der Waals surface area contributed by atoms with Crippen LogP contribution >= 0.6 is 0 Å². The van der Waals surface area contributed by atoms with Crippen molar-refractivity contribution in [1.29, 1.82) is 0 Å². The van der Waals surface area contributed by atoms with Gasteiger partial charge in [0.2, 0.25) is 0 Å². The maximum atomic E-state index is 12.9. The molecule has 2 rings (SSSR count). The Bertz CT molecular complexity index is 429. The van der Waals surface area contributed by atoms with Crippen molar-refractivity contribution < 1.29 is 13.2 Å². The van der Waals surface area contributed by atoms with E-state index < -0.39 is 11.7 Å². The van der Waals surface area contributed by atoms with Crippen LogP contribution in [0.2, 0.25) is 0 Å². The average Bonchev–Trinajstić information content (AvgIpc) is 2.29. The van der Waals surface area contributed by atoms with Crippen molar-refractivity contribution in [3.05, 3.63) is 34.9 Å². The highest BCUT2D eigenvalue weighted by Crippen LogP contribution is 2.34. The third-order valence-corrected chi connectivity index (χ3v) is 3.46. The Kier molecular flexibility index (Phi) is 3.64. The van der Waals surface area contributed by atoms with E-state index in [4.69, 9.17) is 0 Å². The number of halogens is 3. The molecule has 1 aromatic carbocycles. The third kappa shape index (κ3) is 2.67. The highest BCUT2D eigenvalue weighted by atomic mass is 19.4. The summed E-state index contributed by atoms with van der Waals surface area (Å²) in [4.78, 5) is 2.08. The Morgan fingerprint density at radius 2 is 2.06 bits per heavy atom. The standard InChI is InChI=1S/C13H17F3N2/c1-9-3-4-10(7-11(9)13(14,15)16)12-8-17-5-6-18(12)2/h3-4,7,12,17H,5-6,8H2,1-2H3. The minimum atomic E-state index is -4.28. The van der Waals surface area contributed by atoms with Gasteiger partial charge < -0.3 is 5.32 Å². The Balaban J connectivity index is 2.34. The highest BCUT2D eigenvalue weighted by molar-refractivity contribution is 5.35. The van der Waals surface area contributed by atoms with Gasteiger partial charge in [-0.1, -0.05) is 12.1 Å². The fraction of sp³-hybridized carbons (Fsp3) is 0.538. The molecule has 1 atom stereocenters. The Morgan fingerprint density at radius 1 is 1.33 bits per heavy atom. The van der Waals surface area contributed by atoms with Gasteiger partial charge in [-0.3, -0.25) is 4.90 Å². The Labute approximate surface area is 105 Å². The molecule has 100 valence electrons. The maximum absolute atomic E-state index is 12.9. The van der Waals surface area contributed by atoms with E-state index in [1.54, 1.807) is 12.1 Å². The number of nitrogens with one attached hydrogen (secondary N) is 1. The molecule has 0 bridgehead atoms. The van der Waals surface area contributed by atoms with Gasteiger partial charge in [-0.05, 0) is 31.2 Å². The first-order chi connectivity index (χ1) is 8.39. The number of hydrogen-bond acceptors (Lipinski definition) is 2. The molecule has 1 aromatic rings. The van der Waals surface area contributed by atoms with Crippen molar-refractivity contribution in [3.8, 4) is 0 Å². The quantitative estimate of drug-likeness (QED) is 0.833. The van der Waals surface area contributed by atoms with Crippen LogP contribution in [0.4, 0.5) is 13.2 Å². The molecule has 0 aromatic heterocycles. The second-order valence-electron chi connectivity index (χ2n) is 4.77. The number of alkyl halides is 3. The molecular weight excluding hydrogens is 241 g/mol. The monoisotopic (exact) mass is 258 g/mol. The minimum Gasteiger partial charge on any atom is -0.314 e. The molecular formula is C13H17F3N2. The van der Waals surface area contributed by atoms with Gasteiger partial charge in [-0.15, -0.1) is 0 Å². The average molecular weight is 258 g/mol. The molecule has 0 aliphatic carbocycles. The Morgan fingerprint density at radius 3 is 2.67 bits per heavy atom. The zero-order valence-electron chi connectivity index (χ0n) is 10.5. The maximum Gasteiger partial charge on any atom is 0.416 e. The lowest BCUT2D eigenvalue weighted by molar-refractivity contribution is -0.138. The van der Waals surface area contributed by atoms with Crippen LogP contribution in [-0.2, 0) is 6.18 Å². The SMILES string of the molecule is Cc1ccc(C2CNCCN2C)cc1C(F)(F)F. The normalized spacial score (nSPS) is 22.2. The molecule has 1 unspecified atom stereocenters. The summed E-state index contributed by atoms with van der Waals surface area (Å²) < 4.78 is 38.6. The summed E-state index contributed by atoms with van der Waals surface area (Å²) in [6.45, 7) is 3.91. The summed E-state index contributed by atoms with van der Waals surface area (Å²) >= 11 is 0. The van der Waals surface area contributed by atoms with E-state index in [1.807, 2.05) is 7.05 Å². The topological polar surface area (TPSA) is 15.3 Å². The van der Waals surface area contributed by atoms with E-state index in [0.29, 0.717) is 6.54 Å². The second-order valence-corrected chi connectivity index (χ2v) is 4.77. The highest BCUT2D eigenvalue weighted by Gasteiger charge is 2.33. The van der Waals surface area contributed by atoms with Crippen LogP contribution in [0.5, 0.6) is 0 Å². The van der Waals surface area contributed by atoms with Crippen molar-refractivity contribution in [1.82, 2.24) is 10.2 Å². The second kappa shape index (κ2) is 4.90. The molecule has 1 saturated heterocycles. The van der Waals surface area contributed by atoms with Crippen molar-refractivity contribution >= 4 is 0 Å². The lowest BCUT2D eigenvalue weighted by Gasteiger charge is -2.33. The minimum absolute atomic E-state index is 0.0143. The first-order valence-corrected chi connectivity index (χ1v) is 5.98. The van der Waals surface area contributed by atoms with Gasteiger partial charge in [0.25, 0.3) is 0 Å². The third-order valence-electron chi connectivity index (χ3n) is 3.46. The van der Waals surface area contributed by atoms with Crippen LogP contribution in [0.25, 0.3) is 0 Å². The molecule has 1 aliphatic heterocycles. The summed E-state index contributed by atoms with van der Waals surface area (Å²) in [6, 6.07) is 4.64.